The summed E-state index contributed by atoms with van der Waals surface area (Å²) in [4.78, 5) is 40.0. The predicted octanol–water partition coefficient (Wildman–Crippen LogP) is 2.46. The van der Waals surface area contributed by atoms with Crippen molar-refractivity contribution in [2.24, 2.45) is 0 Å². The monoisotopic (exact) mass is 420 g/mol. The van der Waals surface area contributed by atoms with Crippen LogP contribution < -0.4 is 15.1 Å². The average molecular weight is 421 g/mol. The number of amides is 3. The first kappa shape index (κ1) is 19.8. The summed E-state index contributed by atoms with van der Waals surface area (Å²) in [6.45, 7) is 8.00. The molecule has 0 unspecified atom stereocenters. The number of pyridine rings is 2. The van der Waals surface area contributed by atoms with Gasteiger partial charge in [-0.1, -0.05) is 6.07 Å². The van der Waals surface area contributed by atoms with E-state index >= 15 is 0 Å². The molecule has 31 heavy (non-hydrogen) atoms. The van der Waals surface area contributed by atoms with Crippen LogP contribution in [0.2, 0.25) is 0 Å². The van der Waals surface area contributed by atoms with Gasteiger partial charge in [-0.05, 0) is 55.9 Å². The molecule has 3 amide bonds. The van der Waals surface area contributed by atoms with Gasteiger partial charge in [-0.2, -0.15) is 0 Å². The number of aryl methyl sites for hydroxylation is 2. The van der Waals surface area contributed by atoms with Crippen LogP contribution >= 0.6 is 0 Å². The second kappa shape index (κ2) is 7.83. The third-order valence-electron chi connectivity index (χ3n) is 6.42. The fourth-order valence-corrected chi connectivity index (χ4v) is 4.47. The fourth-order valence-electron chi connectivity index (χ4n) is 4.47. The quantitative estimate of drug-likeness (QED) is 0.822. The number of anilines is 2. The van der Waals surface area contributed by atoms with Crippen molar-refractivity contribution in [3.8, 4) is 0 Å². The third kappa shape index (κ3) is 3.82. The number of urea groups is 1. The molecular weight excluding hydrogens is 392 g/mol. The van der Waals surface area contributed by atoms with E-state index in [2.05, 4.69) is 28.2 Å². The topological polar surface area (TPSA) is 81.7 Å². The van der Waals surface area contributed by atoms with E-state index < -0.39 is 0 Å². The van der Waals surface area contributed by atoms with Crippen LogP contribution in [0.4, 0.5) is 16.4 Å². The number of nitrogens with one attached hydrogen (secondary N) is 1. The van der Waals surface area contributed by atoms with E-state index in [1.54, 1.807) is 17.0 Å². The van der Waals surface area contributed by atoms with E-state index in [1.165, 1.54) is 24.0 Å². The van der Waals surface area contributed by atoms with E-state index in [-0.39, 0.29) is 11.9 Å². The maximum absolute atomic E-state index is 13.1. The van der Waals surface area contributed by atoms with Crippen LogP contribution in [-0.2, 0) is 0 Å². The molecule has 162 valence electrons. The van der Waals surface area contributed by atoms with Crippen molar-refractivity contribution >= 4 is 23.6 Å². The summed E-state index contributed by atoms with van der Waals surface area (Å²) in [6, 6.07) is 5.68. The van der Waals surface area contributed by atoms with Crippen LogP contribution in [0.25, 0.3) is 0 Å². The second-order valence-corrected chi connectivity index (χ2v) is 8.65. The Morgan fingerprint density at radius 3 is 2.48 bits per heavy atom. The van der Waals surface area contributed by atoms with Crippen molar-refractivity contribution < 1.29 is 9.59 Å². The van der Waals surface area contributed by atoms with Gasteiger partial charge in [-0.15, -0.1) is 0 Å². The first-order chi connectivity index (χ1) is 15.0. The number of piperazine rings is 1. The highest BCUT2D eigenvalue weighted by molar-refractivity contribution is 5.97. The Bertz CT molecular complexity index is 1030. The van der Waals surface area contributed by atoms with Gasteiger partial charge in [0.05, 0.1) is 11.3 Å². The molecule has 8 heteroatoms. The number of hydrogen-bond acceptors (Lipinski definition) is 5. The number of carbonyl (C=O) groups excluding carboxylic acids is 2. The Hall–Kier alpha value is -3.16. The van der Waals surface area contributed by atoms with E-state index in [0.717, 1.165) is 18.9 Å². The Kier molecular flexibility index (Phi) is 5.00. The summed E-state index contributed by atoms with van der Waals surface area (Å²) in [5, 5.41) is 2.77. The zero-order valence-corrected chi connectivity index (χ0v) is 18.1. The standard InChI is InChI=1S/C23H28N6O2/c1-15-13-18(17-3-4-17)14-25-21(15)27-9-11-28(12-10-27)22(30)19-5-6-20(26-16(19)2)29-8-7-24-23(29)31/h5-6,13-14,17H,3-4,7-12H2,1-2H3,(H,24,31). The van der Waals surface area contributed by atoms with Crippen LogP contribution in [0.3, 0.4) is 0 Å². The smallest absolute Gasteiger partial charge is 0.323 e. The molecule has 3 aliphatic rings. The summed E-state index contributed by atoms with van der Waals surface area (Å²) in [7, 11) is 0. The van der Waals surface area contributed by atoms with E-state index in [9.17, 15) is 9.59 Å². The fraction of sp³-hybridized carbons (Fsp3) is 0.478. The lowest BCUT2D eigenvalue weighted by Gasteiger charge is -2.36. The zero-order chi connectivity index (χ0) is 21.5. The molecule has 1 saturated carbocycles. The minimum Gasteiger partial charge on any atom is -0.353 e. The summed E-state index contributed by atoms with van der Waals surface area (Å²) in [6.07, 6.45) is 4.58. The molecule has 0 atom stereocenters. The van der Waals surface area contributed by atoms with Crippen molar-refractivity contribution in [1.82, 2.24) is 20.2 Å². The first-order valence-electron chi connectivity index (χ1n) is 11.0. The van der Waals surface area contributed by atoms with E-state index in [1.807, 2.05) is 18.0 Å². The zero-order valence-electron chi connectivity index (χ0n) is 18.1. The molecule has 2 aliphatic heterocycles. The molecule has 0 bridgehead atoms. The van der Waals surface area contributed by atoms with Gasteiger partial charge in [0.2, 0.25) is 0 Å². The first-order valence-corrected chi connectivity index (χ1v) is 11.0. The Labute approximate surface area is 182 Å². The Balaban J connectivity index is 1.24. The number of aromatic nitrogens is 2. The lowest BCUT2D eigenvalue weighted by molar-refractivity contribution is 0.0745. The van der Waals surface area contributed by atoms with Crippen LogP contribution in [0.5, 0.6) is 0 Å². The van der Waals surface area contributed by atoms with Gasteiger partial charge in [0.1, 0.15) is 11.6 Å². The second-order valence-electron chi connectivity index (χ2n) is 8.65. The van der Waals surface area contributed by atoms with Gasteiger partial charge in [0.15, 0.2) is 0 Å². The molecule has 2 aromatic heterocycles. The van der Waals surface area contributed by atoms with E-state index in [4.69, 9.17) is 4.98 Å². The summed E-state index contributed by atoms with van der Waals surface area (Å²) in [5.74, 6) is 2.32. The van der Waals surface area contributed by atoms with Gasteiger partial charge in [0, 0.05) is 45.5 Å². The molecule has 2 saturated heterocycles. The summed E-state index contributed by atoms with van der Waals surface area (Å²) >= 11 is 0. The number of nitrogens with zero attached hydrogens (tertiary/aromatic N) is 5. The SMILES string of the molecule is Cc1cc(C2CC2)cnc1N1CCN(C(=O)c2ccc(N3CCNC3=O)nc2C)CC1. The predicted molar refractivity (Wildman–Crippen MR) is 119 cm³/mol. The summed E-state index contributed by atoms with van der Waals surface area (Å²) in [5.41, 5.74) is 3.82. The van der Waals surface area contributed by atoms with Crippen molar-refractivity contribution in [2.75, 3.05) is 49.1 Å². The third-order valence-corrected chi connectivity index (χ3v) is 6.42. The van der Waals surface area contributed by atoms with Crippen molar-refractivity contribution in [2.45, 2.75) is 32.6 Å². The van der Waals surface area contributed by atoms with Crippen LogP contribution in [-0.4, -0.2) is 66.1 Å². The largest absolute Gasteiger partial charge is 0.353 e. The van der Waals surface area contributed by atoms with Gasteiger partial charge in [-0.3, -0.25) is 9.69 Å². The van der Waals surface area contributed by atoms with Crippen LogP contribution in [0.15, 0.2) is 24.4 Å². The van der Waals surface area contributed by atoms with Gasteiger partial charge in [-0.25, -0.2) is 14.8 Å². The molecule has 2 aromatic rings. The normalized spacial score (nSPS) is 19.0. The maximum Gasteiger partial charge on any atom is 0.323 e. The number of carbonyl (C=O) groups is 2. The molecule has 1 aliphatic carbocycles. The molecule has 0 spiro atoms. The van der Waals surface area contributed by atoms with Crippen LogP contribution in [0, 0.1) is 13.8 Å². The van der Waals surface area contributed by atoms with Crippen LogP contribution in [0.1, 0.15) is 45.9 Å². The Morgan fingerprint density at radius 2 is 1.87 bits per heavy atom. The molecule has 8 nitrogen and oxygen atoms in total. The highest BCUT2D eigenvalue weighted by atomic mass is 16.2. The van der Waals surface area contributed by atoms with Gasteiger partial charge < -0.3 is 15.1 Å². The molecule has 5 rings (SSSR count). The number of rotatable bonds is 4. The molecule has 3 fully saturated rings. The minimum atomic E-state index is -0.142. The average Bonchev–Trinajstić information content (AvgIpc) is 3.54. The minimum absolute atomic E-state index is 0.00386. The molecule has 0 radical (unpaired) electrons. The highest BCUT2D eigenvalue weighted by Crippen LogP contribution is 2.40. The lowest BCUT2D eigenvalue weighted by Crippen LogP contribution is -2.49. The molecule has 1 N–H and O–H groups in total. The van der Waals surface area contributed by atoms with Crippen molar-refractivity contribution in [3.63, 3.8) is 0 Å². The lowest BCUT2D eigenvalue weighted by atomic mass is 10.1. The summed E-state index contributed by atoms with van der Waals surface area (Å²) < 4.78 is 0. The molecular formula is C23H28N6O2. The highest BCUT2D eigenvalue weighted by Gasteiger charge is 2.28. The van der Waals surface area contributed by atoms with E-state index in [0.29, 0.717) is 49.2 Å². The van der Waals surface area contributed by atoms with Crippen molar-refractivity contribution in [1.29, 1.82) is 0 Å². The van der Waals surface area contributed by atoms with Gasteiger partial charge in [0.25, 0.3) is 5.91 Å². The molecule has 0 aromatic carbocycles. The molecule has 4 heterocycles. The Morgan fingerprint density at radius 1 is 1.10 bits per heavy atom. The number of hydrogen-bond donors (Lipinski definition) is 1. The maximum atomic E-state index is 13.1. The van der Waals surface area contributed by atoms with Gasteiger partial charge >= 0.3 is 6.03 Å². The van der Waals surface area contributed by atoms with Crippen molar-refractivity contribution in [3.05, 3.63) is 46.8 Å².